The summed E-state index contributed by atoms with van der Waals surface area (Å²) >= 11 is 0. The molecule has 1 heterocycles. The zero-order valence-electron chi connectivity index (χ0n) is 7.97. The quantitative estimate of drug-likeness (QED) is 0.420. The van der Waals surface area contributed by atoms with Crippen LogP contribution in [0.1, 0.15) is 10.6 Å². The molecule has 1 aromatic heterocycles. The van der Waals surface area contributed by atoms with Crippen molar-refractivity contribution >= 4 is 11.8 Å². The van der Waals surface area contributed by atoms with Gasteiger partial charge in [0.15, 0.2) is 5.76 Å². The van der Waals surface area contributed by atoms with Crippen LogP contribution < -0.4 is 0 Å². The first-order valence-electron chi connectivity index (χ1n) is 3.99. The number of carbonyl (C=O) groups excluding carboxylic acids is 1. The number of carbonyl (C=O) groups is 1. The van der Waals surface area contributed by atoms with E-state index < -0.39 is 16.7 Å². The molecule has 6 heteroatoms. The smallest absolute Gasteiger partial charge is 0.395 e. The molecule has 0 bridgehead atoms. The fourth-order valence-electron chi connectivity index (χ4n) is 0.938. The van der Waals surface area contributed by atoms with Crippen LogP contribution in [0.5, 0.6) is 0 Å². The van der Waals surface area contributed by atoms with Crippen molar-refractivity contribution in [2.45, 2.75) is 0 Å². The molecule has 15 heavy (non-hydrogen) atoms. The minimum atomic E-state index is -0.710. The highest BCUT2D eigenvalue weighted by atomic mass is 16.6. The number of hydrogen-bond donors (Lipinski definition) is 0. The summed E-state index contributed by atoms with van der Waals surface area (Å²) in [4.78, 5) is 22.3. The lowest BCUT2D eigenvalue weighted by Gasteiger charge is -2.10. The monoisotopic (exact) mass is 208 g/mol. The highest BCUT2D eigenvalue weighted by Gasteiger charge is 2.19. The Morgan fingerprint density at radius 1 is 1.73 bits per heavy atom. The summed E-state index contributed by atoms with van der Waals surface area (Å²) in [5, 5.41) is 10.3. The van der Waals surface area contributed by atoms with Gasteiger partial charge < -0.3 is 9.32 Å². The van der Waals surface area contributed by atoms with Gasteiger partial charge in [-0.05, 0) is 6.07 Å². The van der Waals surface area contributed by atoms with Crippen molar-refractivity contribution in [3.63, 3.8) is 0 Å². The predicted molar refractivity (Wildman–Crippen MR) is 51.2 cm³/mol. The summed E-state index contributed by atoms with van der Waals surface area (Å²) in [6, 6.07) is 2.37. The van der Waals surface area contributed by atoms with Crippen LogP contribution >= 0.6 is 0 Å². The summed E-state index contributed by atoms with van der Waals surface area (Å²) in [6.45, 7) is 0.118. The van der Waals surface area contributed by atoms with Crippen LogP contribution in [0, 0.1) is 22.5 Å². The maximum Gasteiger partial charge on any atom is 0.433 e. The molecule has 1 amide bonds. The second-order valence-electron chi connectivity index (χ2n) is 2.76. The number of rotatable bonds is 3. The Kier molecular flexibility index (Phi) is 3.08. The molecule has 0 saturated carbocycles. The van der Waals surface area contributed by atoms with Gasteiger partial charge in [0.25, 0.3) is 5.91 Å². The summed E-state index contributed by atoms with van der Waals surface area (Å²) in [5.41, 5.74) is 0. The average molecular weight is 208 g/mol. The molecule has 0 aliphatic carbocycles. The van der Waals surface area contributed by atoms with E-state index in [1.165, 1.54) is 18.0 Å². The molecule has 78 valence electrons. The van der Waals surface area contributed by atoms with Gasteiger partial charge in [-0.2, -0.15) is 0 Å². The second-order valence-corrected chi connectivity index (χ2v) is 2.76. The van der Waals surface area contributed by atoms with Crippen molar-refractivity contribution in [2.75, 3.05) is 13.6 Å². The summed E-state index contributed by atoms with van der Waals surface area (Å²) in [6.07, 6.45) is 5.02. The molecule has 1 aromatic rings. The minimum absolute atomic E-state index is 0.0977. The summed E-state index contributed by atoms with van der Waals surface area (Å²) in [5.74, 6) is 1.23. The van der Waals surface area contributed by atoms with Gasteiger partial charge in [-0.1, -0.05) is 5.92 Å². The topological polar surface area (TPSA) is 76.6 Å². The average Bonchev–Trinajstić information content (AvgIpc) is 2.65. The van der Waals surface area contributed by atoms with Crippen LogP contribution in [0.4, 0.5) is 5.88 Å². The molecule has 0 radical (unpaired) electrons. The number of furan rings is 1. The van der Waals surface area contributed by atoms with E-state index in [9.17, 15) is 14.9 Å². The summed E-state index contributed by atoms with van der Waals surface area (Å²) in [7, 11) is 1.48. The number of nitro groups is 1. The van der Waals surface area contributed by atoms with Gasteiger partial charge in [0, 0.05) is 7.05 Å². The molecule has 0 saturated heterocycles. The first-order valence-corrected chi connectivity index (χ1v) is 3.99. The molecule has 0 fully saturated rings. The Morgan fingerprint density at radius 2 is 2.40 bits per heavy atom. The molecule has 0 aromatic carbocycles. The lowest BCUT2D eigenvalue weighted by Crippen LogP contribution is -2.26. The van der Waals surface area contributed by atoms with Crippen molar-refractivity contribution in [3.05, 3.63) is 28.0 Å². The van der Waals surface area contributed by atoms with E-state index in [1.54, 1.807) is 0 Å². The van der Waals surface area contributed by atoms with E-state index in [2.05, 4.69) is 5.92 Å². The number of amides is 1. The van der Waals surface area contributed by atoms with Gasteiger partial charge in [-0.25, -0.2) is 0 Å². The lowest BCUT2D eigenvalue weighted by molar-refractivity contribution is -0.402. The molecule has 0 N–H and O–H groups in total. The van der Waals surface area contributed by atoms with E-state index in [0.29, 0.717) is 0 Å². The van der Waals surface area contributed by atoms with Gasteiger partial charge in [-0.15, -0.1) is 6.42 Å². The second kappa shape index (κ2) is 4.28. The Morgan fingerprint density at radius 3 is 2.87 bits per heavy atom. The zero-order valence-corrected chi connectivity index (χ0v) is 7.97. The molecule has 1 rings (SSSR count). The zero-order chi connectivity index (χ0) is 11.4. The fourth-order valence-corrected chi connectivity index (χ4v) is 0.938. The van der Waals surface area contributed by atoms with Crippen molar-refractivity contribution in [1.82, 2.24) is 4.90 Å². The molecule has 6 nitrogen and oxygen atoms in total. The molecule has 0 aliphatic heterocycles. The van der Waals surface area contributed by atoms with Gasteiger partial charge in [-0.3, -0.25) is 14.9 Å². The first kappa shape index (κ1) is 10.8. The van der Waals surface area contributed by atoms with Crippen LogP contribution in [0.2, 0.25) is 0 Å². The van der Waals surface area contributed by atoms with Crippen molar-refractivity contribution in [2.24, 2.45) is 0 Å². The first-order chi connectivity index (χ1) is 7.06. The number of terminal acetylenes is 1. The Hall–Kier alpha value is -2.29. The maximum absolute atomic E-state index is 11.5. The third-order valence-electron chi connectivity index (χ3n) is 1.66. The predicted octanol–water partition coefficient (Wildman–Crippen LogP) is 0.893. The molecule has 0 aliphatic rings. The molecular weight excluding hydrogens is 200 g/mol. The SMILES string of the molecule is C#CCN(C)C(=O)c1ccc([N+](=O)[O-])o1. The summed E-state index contributed by atoms with van der Waals surface area (Å²) < 4.78 is 4.72. The van der Waals surface area contributed by atoms with Gasteiger partial charge in [0.1, 0.15) is 4.92 Å². The van der Waals surface area contributed by atoms with E-state index in [-0.39, 0.29) is 12.3 Å². The minimum Gasteiger partial charge on any atom is -0.395 e. The Balaban J connectivity index is 2.84. The number of hydrogen-bond acceptors (Lipinski definition) is 4. The highest BCUT2D eigenvalue weighted by Crippen LogP contribution is 2.16. The van der Waals surface area contributed by atoms with E-state index in [1.807, 2.05) is 0 Å². The van der Waals surface area contributed by atoms with E-state index in [4.69, 9.17) is 10.8 Å². The van der Waals surface area contributed by atoms with Gasteiger partial charge >= 0.3 is 5.88 Å². The van der Waals surface area contributed by atoms with Crippen LogP contribution in [0.15, 0.2) is 16.5 Å². The van der Waals surface area contributed by atoms with Crippen LogP contribution in [0.25, 0.3) is 0 Å². The van der Waals surface area contributed by atoms with Crippen molar-refractivity contribution < 1.29 is 14.1 Å². The van der Waals surface area contributed by atoms with Crippen LogP contribution in [-0.2, 0) is 0 Å². The Bertz CT molecular complexity index is 430. The van der Waals surface area contributed by atoms with E-state index in [0.717, 1.165) is 6.07 Å². The normalized spacial score (nSPS) is 9.33. The van der Waals surface area contributed by atoms with Crippen LogP contribution in [0.3, 0.4) is 0 Å². The third-order valence-corrected chi connectivity index (χ3v) is 1.66. The third kappa shape index (κ3) is 2.34. The molecule has 0 unspecified atom stereocenters. The van der Waals surface area contributed by atoms with Crippen molar-refractivity contribution in [1.29, 1.82) is 0 Å². The molecule has 0 spiro atoms. The van der Waals surface area contributed by atoms with Gasteiger partial charge in [0.2, 0.25) is 0 Å². The van der Waals surface area contributed by atoms with Crippen molar-refractivity contribution in [3.8, 4) is 12.3 Å². The Labute approximate surface area is 85.6 Å². The van der Waals surface area contributed by atoms with Gasteiger partial charge in [0.05, 0.1) is 12.6 Å². The highest BCUT2D eigenvalue weighted by molar-refractivity contribution is 5.91. The molecular formula is C9H8N2O4. The largest absolute Gasteiger partial charge is 0.433 e. The standard InChI is InChI=1S/C9H8N2O4/c1-3-6-10(2)9(12)7-4-5-8(15-7)11(13)14/h1,4-5H,6H2,2H3. The van der Waals surface area contributed by atoms with E-state index >= 15 is 0 Å². The van der Waals surface area contributed by atoms with Crippen LogP contribution in [-0.4, -0.2) is 29.3 Å². The maximum atomic E-state index is 11.5. The number of nitrogens with zero attached hydrogens (tertiary/aromatic N) is 2. The molecule has 0 atom stereocenters. The lowest BCUT2D eigenvalue weighted by atomic mass is 10.4. The fraction of sp³-hybridized carbons (Fsp3) is 0.222.